The molecule has 3 aromatic rings. The summed E-state index contributed by atoms with van der Waals surface area (Å²) in [5.41, 5.74) is 3.27. The van der Waals surface area contributed by atoms with Gasteiger partial charge in [-0.05, 0) is 59.4 Å². The molecule has 4 heteroatoms. The number of halogens is 1. The van der Waals surface area contributed by atoms with Gasteiger partial charge in [0.15, 0.2) is 0 Å². The maximum atomic E-state index is 9.64. The van der Waals surface area contributed by atoms with Gasteiger partial charge in [0.05, 0.1) is 23.8 Å². The van der Waals surface area contributed by atoms with E-state index >= 15 is 0 Å². The fraction of sp³-hybridized carbons (Fsp3) is 0.333. The van der Waals surface area contributed by atoms with Gasteiger partial charge in [0, 0.05) is 5.39 Å². The third-order valence-corrected chi connectivity index (χ3v) is 6.05. The normalized spacial score (nSPS) is 22.5. The van der Waals surface area contributed by atoms with Crippen LogP contribution in [-0.2, 0) is 11.2 Å². The third-order valence-electron chi connectivity index (χ3n) is 5.61. The number of aliphatic hydroxyl groups excluding tert-OH is 1. The van der Waals surface area contributed by atoms with E-state index in [4.69, 9.17) is 16.3 Å². The number of phenols is 1. The molecule has 0 spiro atoms. The van der Waals surface area contributed by atoms with Crippen LogP contribution < -0.4 is 0 Å². The fourth-order valence-electron chi connectivity index (χ4n) is 4.23. The van der Waals surface area contributed by atoms with Crippen molar-refractivity contribution >= 4 is 22.4 Å². The van der Waals surface area contributed by atoms with Crippen LogP contribution in [0.25, 0.3) is 10.8 Å². The topological polar surface area (TPSA) is 49.7 Å². The predicted molar refractivity (Wildman–Crippen MR) is 113 cm³/mol. The summed E-state index contributed by atoms with van der Waals surface area (Å²) in [6.07, 6.45) is 2.33. The number of hydrogen-bond acceptors (Lipinski definition) is 3. The number of ether oxygens (including phenoxy) is 1. The molecule has 3 atom stereocenters. The molecule has 0 saturated carbocycles. The van der Waals surface area contributed by atoms with Gasteiger partial charge in [-0.25, -0.2) is 0 Å². The summed E-state index contributed by atoms with van der Waals surface area (Å²) in [6.45, 7) is 2.26. The first-order valence-electron chi connectivity index (χ1n) is 9.79. The number of aliphatic hydroxyl groups is 1. The molecule has 0 radical (unpaired) electrons. The smallest absolute Gasteiger partial charge is 0.115 e. The summed E-state index contributed by atoms with van der Waals surface area (Å²) < 4.78 is 6.23. The summed E-state index contributed by atoms with van der Waals surface area (Å²) in [6, 6.07) is 17.6. The monoisotopic (exact) mass is 396 g/mol. The van der Waals surface area contributed by atoms with Crippen LogP contribution in [0.15, 0.2) is 54.6 Å². The van der Waals surface area contributed by atoms with Gasteiger partial charge in [-0.2, -0.15) is 0 Å². The van der Waals surface area contributed by atoms with E-state index in [1.807, 2.05) is 24.3 Å². The molecule has 2 N–H and O–H groups in total. The Balaban J connectivity index is 1.79. The standard InChI is InChI=1S/C24H25ClO3/c1-15-10-19(14-26)28-23(11-15)22-13-17(12-16-6-8-18(27)9-7-16)24(25)21-5-3-2-4-20(21)22/h2-9,13,15,19,23,26-27H,10-12,14H2,1H3. The van der Waals surface area contributed by atoms with Crippen LogP contribution in [0.3, 0.4) is 0 Å². The zero-order valence-corrected chi connectivity index (χ0v) is 16.7. The molecule has 3 unspecified atom stereocenters. The second kappa shape index (κ2) is 8.12. The second-order valence-corrected chi connectivity index (χ2v) is 8.21. The summed E-state index contributed by atoms with van der Waals surface area (Å²) in [5.74, 6) is 0.750. The van der Waals surface area contributed by atoms with Gasteiger partial charge >= 0.3 is 0 Å². The highest BCUT2D eigenvalue weighted by molar-refractivity contribution is 6.36. The van der Waals surface area contributed by atoms with Crippen molar-refractivity contribution in [3.05, 3.63) is 76.3 Å². The van der Waals surface area contributed by atoms with Crippen LogP contribution in [0.4, 0.5) is 0 Å². The van der Waals surface area contributed by atoms with Crippen molar-refractivity contribution in [2.45, 2.75) is 38.4 Å². The van der Waals surface area contributed by atoms with Crippen LogP contribution in [0.1, 0.15) is 42.6 Å². The van der Waals surface area contributed by atoms with Gasteiger partial charge in [-0.1, -0.05) is 61.0 Å². The summed E-state index contributed by atoms with van der Waals surface area (Å²) >= 11 is 6.79. The lowest BCUT2D eigenvalue weighted by Gasteiger charge is -2.34. The van der Waals surface area contributed by atoms with Gasteiger partial charge < -0.3 is 14.9 Å². The molecule has 1 saturated heterocycles. The van der Waals surface area contributed by atoms with Crippen molar-refractivity contribution in [3.8, 4) is 5.75 Å². The SMILES string of the molecule is CC1CC(CO)OC(c2cc(Cc3ccc(O)cc3)c(Cl)c3ccccc23)C1. The molecule has 0 amide bonds. The van der Waals surface area contributed by atoms with Crippen molar-refractivity contribution in [3.63, 3.8) is 0 Å². The Morgan fingerprint density at radius 3 is 2.46 bits per heavy atom. The first-order valence-corrected chi connectivity index (χ1v) is 10.2. The van der Waals surface area contributed by atoms with Gasteiger partial charge in [-0.15, -0.1) is 0 Å². The molecule has 0 aliphatic carbocycles. The second-order valence-electron chi connectivity index (χ2n) is 7.83. The van der Waals surface area contributed by atoms with Crippen molar-refractivity contribution < 1.29 is 14.9 Å². The first kappa shape index (κ1) is 19.3. The van der Waals surface area contributed by atoms with Crippen LogP contribution in [-0.4, -0.2) is 22.9 Å². The van der Waals surface area contributed by atoms with Crippen molar-refractivity contribution in [1.29, 1.82) is 0 Å². The maximum absolute atomic E-state index is 9.64. The number of hydrogen-bond donors (Lipinski definition) is 2. The number of fused-ring (bicyclic) bond motifs is 1. The molecule has 3 nitrogen and oxygen atoms in total. The predicted octanol–water partition coefficient (Wildman–Crippen LogP) is 5.64. The van der Waals surface area contributed by atoms with E-state index in [0.29, 0.717) is 12.3 Å². The Labute approximate surface area is 170 Å². The van der Waals surface area contributed by atoms with Crippen LogP contribution in [0, 0.1) is 5.92 Å². The Kier molecular flexibility index (Phi) is 5.58. The number of rotatable bonds is 4. The molecule has 0 bridgehead atoms. The van der Waals surface area contributed by atoms with E-state index in [9.17, 15) is 10.2 Å². The molecule has 1 aliphatic rings. The Morgan fingerprint density at radius 2 is 1.75 bits per heavy atom. The first-order chi connectivity index (χ1) is 13.5. The minimum atomic E-state index is -0.122. The van der Waals surface area contributed by atoms with E-state index < -0.39 is 0 Å². The molecule has 1 heterocycles. The molecule has 1 aliphatic heterocycles. The lowest BCUT2D eigenvalue weighted by Crippen LogP contribution is -2.29. The Hall–Kier alpha value is -2.07. The molecule has 1 fully saturated rings. The average molecular weight is 397 g/mol. The fourth-order valence-corrected chi connectivity index (χ4v) is 4.51. The highest BCUT2D eigenvalue weighted by atomic mass is 35.5. The molecule has 3 aromatic carbocycles. The van der Waals surface area contributed by atoms with E-state index in [0.717, 1.165) is 45.3 Å². The van der Waals surface area contributed by atoms with Crippen LogP contribution in [0.2, 0.25) is 5.02 Å². The lowest BCUT2D eigenvalue weighted by molar-refractivity contribution is -0.0894. The van der Waals surface area contributed by atoms with Gasteiger partial charge in [0.2, 0.25) is 0 Å². The zero-order valence-electron chi connectivity index (χ0n) is 15.9. The van der Waals surface area contributed by atoms with Crippen molar-refractivity contribution in [1.82, 2.24) is 0 Å². The maximum Gasteiger partial charge on any atom is 0.115 e. The zero-order chi connectivity index (χ0) is 19.7. The van der Waals surface area contributed by atoms with E-state index in [1.165, 1.54) is 0 Å². The van der Waals surface area contributed by atoms with Gasteiger partial charge in [-0.3, -0.25) is 0 Å². The van der Waals surface area contributed by atoms with E-state index in [2.05, 4.69) is 25.1 Å². The summed E-state index contributed by atoms with van der Waals surface area (Å²) in [7, 11) is 0. The number of benzene rings is 3. The van der Waals surface area contributed by atoms with Crippen molar-refractivity contribution in [2.24, 2.45) is 5.92 Å². The molecule has 0 aromatic heterocycles. The number of phenolic OH excluding ortho intramolecular Hbond substituents is 1. The Bertz CT molecular complexity index is 967. The van der Waals surface area contributed by atoms with Gasteiger partial charge in [0.25, 0.3) is 0 Å². The van der Waals surface area contributed by atoms with Gasteiger partial charge in [0.1, 0.15) is 5.75 Å². The molecular weight excluding hydrogens is 372 g/mol. The minimum absolute atomic E-state index is 0.0483. The lowest BCUT2D eigenvalue weighted by atomic mass is 9.87. The average Bonchev–Trinajstić information content (AvgIpc) is 2.71. The quantitative estimate of drug-likeness (QED) is 0.600. The largest absolute Gasteiger partial charge is 0.508 e. The van der Waals surface area contributed by atoms with Crippen LogP contribution in [0.5, 0.6) is 5.75 Å². The summed E-state index contributed by atoms with van der Waals surface area (Å²) in [5, 5.41) is 22.1. The van der Waals surface area contributed by atoms with E-state index in [-0.39, 0.29) is 24.6 Å². The molecule has 4 rings (SSSR count). The third kappa shape index (κ3) is 3.88. The highest BCUT2D eigenvalue weighted by Crippen LogP contribution is 2.41. The Morgan fingerprint density at radius 1 is 1.04 bits per heavy atom. The van der Waals surface area contributed by atoms with E-state index in [1.54, 1.807) is 12.1 Å². The van der Waals surface area contributed by atoms with Crippen molar-refractivity contribution in [2.75, 3.05) is 6.61 Å². The molecule has 146 valence electrons. The molecular formula is C24H25ClO3. The summed E-state index contributed by atoms with van der Waals surface area (Å²) in [4.78, 5) is 0. The highest BCUT2D eigenvalue weighted by Gasteiger charge is 2.29. The number of aromatic hydroxyl groups is 1. The minimum Gasteiger partial charge on any atom is -0.508 e. The molecule has 28 heavy (non-hydrogen) atoms. The van der Waals surface area contributed by atoms with Crippen LogP contribution >= 0.6 is 11.6 Å².